The number of rotatable bonds is 6. The van der Waals surface area contributed by atoms with E-state index in [1.807, 2.05) is 20.9 Å². The first-order chi connectivity index (χ1) is 7.50. The summed E-state index contributed by atoms with van der Waals surface area (Å²) in [4.78, 5) is 11.9. The Morgan fingerprint density at radius 3 is 2.69 bits per heavy atom. The van der Waals surface area contributed by atoms with Gasteiger partial charge in [-0.2, -0.15) is 5.10 Å². The van der Waals surface area contributed by atoms with Crippen molar-refractivity contribution >= 4 is 5.78 Å². The zero-order valence-corrected chi connectivity index (χ0v) is 10.3. The van der Waals surface area contributed by atoms with E-state index in [4.69, 9.17) is 5.73 Å². The van der Waals surface area contributed by atoms with E-state index >= 15 is 0 Å². The van der Waals surface area contributed by atoms with Gasteiger partial charge >= 0.3 is 0 Å². The highest BCUT2D eigenvalue weighted by atomic mass is 16.1. The Hall–Kier alpha value is -1.16. The number of Topliss-reactive ketones (excluding diaryl/α,β-unsaturated/α-hetero) is 1. The van der Waals surface area contributed by atoms with Crippen LogP contribution in [0, 0.1) is 5.92 Å². The van der Waals surface area contributed by atoms with Gasteiger partial charge in [0.2, 0.25) is 0 Å². The van der Waals surface area contributed by atoms with E-state index in [1.54, 1.807) is 16.9 Å². The van der Waals surface area contributed by atoms with Crippen molar-refractivity contribution in [2.75, 3.05) is 0 Å². The van der Waals surface area contributed by atoms with E-state index in [2.05, 4.69) is 5.10 Å². The molecule has 1 aromatic heterocycles. The van der Waals surface area contributed by atoms with Crippen LogP contribution in [0.5, 0.6) is 0 Å². The smallest absolute Gasteiger partial charge is 0.185 e. The number of hydrogen-bond donors (Lipinski definition) is 1. The van der Waals surface area contributed by atoms with E-state index in [-0.39, 0.29) is 17.7 Å². The molecule has 0 fully saturated rings. The average Bonchev–Trinajstić information content (AvgIpc) is 2.63. The molecule has 2 N–H and O–H groups in total. The molecule has 0 bridgehead atoms. The minimum atomic E-state index is 0.0358. The number of carbonyl (C=O) groups excluding carboxylic acids is 1. The number of aromatic nitrogens is 2. The van der Waals surface area contributed by atoms with Gasteiger partial charge in [-0.1, -0.05) is 13.3 Å². The van der Waals surface area contributed by atoms with Crippen molar-refractivity contribution in [1.29, 1.82) is 0 Å². The predicted molar refractivity (Wildman–Crippen MR) is 64.2 cm³/mol. The number of aryl methyl sites for hydroxylation is 1. The van der Waals surface area contributed by atoms with Crippen LogP contribution in [-0.2, 0) is 7.05 Å². The molecular weight excluding hydrogens is 202 g/mol. The van der Waals surface area contributed by atoms with Gasteiger partial charge in [-0.05, 0) is 25.8 Å². The molecule has 90 valence electrons. The molecule has 0 aliphatic carbocycles. The SMILES string of the molecule is CC(N)CCCC(C)C(=O)c1ccn(C)n1. The molecule has 0 radical (unpaired) electrons. The quantitative estimate of drug-likeness (QED) is 0.747. The number of nitrogens with zero attached hydrogens (tertiary/aromatic N) is 2. The molecule has 0 spiro atoms. The fourth-order valence-corrected chi connectivity index (χ4v) is 1.68. The first kappa shape index (κ1) is 12.9. The maximum atomic E-state index is 11.9. The zero-order valence-electron chi connectivity index (χ0n) is 10.3. The highest BCUT2D eigenvalue weighted by Crippen LogP contribution is 2.14. The molecule has 1 heterocycles. The predicted octanol–water partition coefficient (Wildman–Crippen LogP) is 1.76. The highest BCUT2D eigenvalue weighted by molar-refractivity contribution is 5.95. The van der Waals surface area contributed by atoms with Gasteiger partial charge in [0.05, 0.1) is 0 Å². The van der Waals surface area contributed by atoms with Crippen LogP contribution in [-0.4, -0.2) is 21.6 Å². The summed E-state index contributed by atoms with van der Waals surface area (Å²) in [5.41, 5.74) is 6.23. The minimum absolute atomic E-state index is 0.0358. The lowest BCUT2D eigenvalue weighted by Gasteiger charge is -2.09. The summed E-state index contributed by atoms with van der Waals surface area (Å²) >= 11 is 0. The number of nitrogens with two attached hydrogens (primary N) is 1. The Bertz CT molecular complexity index is 344. The van der Waals surface area contributed by atoms with Crippen molar-refractivity contribution in [1.82, 2.24) is 9.78 Å². The summed E-state index contributed by atoms with van der Waals surface area (Å²) in [7, 11) is 1.82. The molecule has 4 nitrogen and oxygen atoms in total. The summed E-state index contributed by atoms with van der Waals surface area (Å²) in [6, 6.07) is 1.99. The van der Waals surface area contributed by atoms with Crippen molar-refractivity contribution in [3.05, 3.63) is 18.0 Å². The molecule has 4 heteroatoms. The molecule has 0 amide bonds. The van der Waals surface area contributed by atoms with E-state index in [0.717, 1.165) is 19.3 Å². The van der Waals surface area contributed by atoms with E-state index in [9.17, 15) is 4.79 Å². The Kier molecular flexibility index (Phi) is 4.68. The number of ketones is 1. The third-order valence-electron chi connectivity index (χ3n) is 2.71. The Balaban J connectivity index is 2.42. The van der Waals surface area contributed by atoms with Crippen molar-refractivity contribution in [2.24, 2.45) is 18.7 Å². The molecular formula is C12H21N3O. The summed E-state index contributed by atoms with van der Waals surface area (Å²) < 4.78 is 1.65. The van der Waals surface area contributed by atoms with Crippen LogP contribution in [0.2, 0.25) is 0 Å². The molecule has 2 unspecified atom stereocenters. The van der Waals surface area contributed by atoms with Crippen LogP contribution in [0.4, 0.5) is 0 Å². The second-order valence-corrected chi connectivity index (χ2v) is 4.55. The summed E-state index contributed by atoms with van der Waals surface area (Å²) in [5.74, 6) is 0.166. The van der Waals surface area contributed by atoms with Crippen molar-refractivity contribution in [3.63, 3.8) is 0 Å². The number of carbonyl (C=O) groups is 1. The van der Waals surface area contributed by atoms with Gasteiger partial charge in [-0.3, -0.25) is 9.48 Å². The third kappa shape index (κ3) is 3.77. The monoisotopic (exact) mass is 223 g/mol. The topological polar surface area (TPSA) is 60.9 Å². The van der Waals surface area contributed by atoms with Crippen LogP contribution < -0.4 is 5.73 Å². The molecule has 1 rings (SSSR count). The third-order valence-corrected chi connectivity index (χ3v) is 2.71. The van der Waals surface area contributed by atoms with Crippen LogP contribution in [0.25, 0.3) is 0 Å². The second kappa shape index (κ2) is 5.80. The second-order valence-electron chi connectivity index (χ2n) is 4.55. The van der Waals surface area contributed by atoms with Gasteiger partial charge in [0.25, 0.3) is 0 Å². The van der Waals surface area contributed by atoms with E-state index in [0.29, 0.717) is 5.69 Å². The molecule has 0 aliphatic rings. The Morgan fingerprint density at radius 2 is 2.19 bits per heavy atom. The van der Waals surface area contributed by atoms with Gasteiger partial charge in [0.15, 0.2) is 5.78 Å². The van der Waals surface area contributed by atoms with E-state index in [1.165, 1.54) is 0 Å². The molecule has 0 saturated heterocycles. The fraction of sp³-hybridized carbons (Fsp3) is 0.667. The van der Waals surface area contributed by atoms with E-state index < -0.39 is 0 Å². The Labute approximate surface area is 96.8 Å². The molecule has 0 saturated carbocycles. The summed E-state index contributed by atoms with van der Waals surface area (Å²) in [6.45, 7) is 3.95. The lowest BCUT2D eigenvalue weighted by molar-refractivity contribution is 0.0916. The maximum Gasteiger partial charge on any atom is 0.185 e. The van der Waals surface area contributed by atoms with Crippen LogP contribution in [0.1, 0.15) is 43.6 Å². The zero-order chi connectivity index (χ0) is 12.1. The largest absolute Gasteiger partial charge is 0.328 e. The van der Waals surface area contributed by atoms with Crippen LogP contribution in [0.15, 0.2) is 12.3 Å². The van der Waals surface area contributed by atoms with Gasteiger partial charge in [-0.25, -0.2) is 0 Å². The first-order valence-corrected chi connectivity index (χ1v) is 5.80. The minimum Gasteiger partial charge on any atom is -0.328 e. The van der Waals surface area contributed by atoms with Crippen LogP contribution >= 0.6 is 0 Å². The molecule has 0 aliphatic heterocycles. The standard InChI is InChI=1S/C12H21N3O/c1-9(5-4-6-10(2)13)12(16)11-7-8-15(3)14-11/h7-10H,4-6,13H2,1-3H3. The van der Waals surface area contributed by atoms with Crippen molar-refractivity contribution < 1.29 is 4.79 Å². The van der Waals surface area contributed by atoms with Gasteiger partial charge in [-0.15, -0.1) is 0 Å². The number of hydrogen-bond acceptors (Lipinski definition) is 3. The normalized spacial score (nSPS) is 14.8. The van der Waals surface area contributed by atoms with Crippen molar-refractivity contribution in [2.45, 2.75) is 39.2 Å². The first-order valence-electron chi connectivity index (χ1n) is 5.80. The van der Waals surface area contributed by atoms with Gasteiger partial charge in [0.1, 0.15) is 5.69 Å². The van der Waals surface area contributed by atoms with Gasteiger partial charge < -0.3 is 5.73 Å². The van der Waals surface area contributed by atoms with Crippen molar-refractivity contribution in [3.8, 4) is 0 Å². The summed E-state index contributed by atoms with van der Waals surface area (Å²) in [6.07, 6.45) is 4.65. The fourth-order valence-electron chi connectivity index (χ4n) is 1.68. The molecule has 2 atom stereocenters. The van der Waals surface area contributed by atoms with Crippen LogP contribution in [0.3, 0.4) is 0 Å². The lowest BCUT2D eigenvalue weighted by atomic mass is 9.96. The summed E-state index contributed by atoms with van der Waals surface area (Å²) in [5, 5.41) is 4.12. The molecule has 16 heavy (non-hydrogen) atoms. The lowest BCUT2D eigenvalue weighted by Crippen LogP contribution is -2.16. The Morgan fingerprint density at radius 1 is 1.50 bits per heavy atom. The maximum absolute atomic E-state index is 11.9. The average molecular weight is 223 g/mol. The van der Waals surface area contributed by atoms with Gasteiger partial charge in [0, 0.05) is 25.2 Å². The molecule has 0 aromatic carbocycles. The highest BCUT2D eigenvalue weighted by Gasteiger charge is 2.17. The molecule has 1 aromatic rings.